The number of rotatable bonds is 13. The summed E-state index contributed by atoms with van der Waals surface area (Å²) in [5, 5.41) is 3.20. The lowest BCUT2D eigenvalue weighted by molar-refractivity contribution is -0.141. The highest BCUT2D eigenvalue weighted by Gasteiger charge is 2.30. The zero-order chi connectivity index (χ0) is 27.5. The fourth-order valence-corrected chi connectivity index (χ4v) is 6.11. The number of nitrogens with zero attached hydrogens (tertiary/aromatic N) is 2. The third kappa shape index (κ3) is 8.58. The smallest absolute Gasteiger partial charge is 0.243 e. The summed E-state index contributed by atoms with van der Waals surface area (Å²) < 4.78 is 26.5. The SMILES string of the molecule is CCc1ccc(N(CCCC(=O)N(Cc2ccccc2)C(CC)C(=O)NC2CCCCC2)S(C)(=O)=O)cc1. The van der Waals surface area contributed by atoms with Crippen LogP contribution in [0.3, 0.4) is 0 Å². The molecule has 0 radical (unpaired) electrons. The van der Waals surface area contributed by atoms with Crippen LogP contribution in [-0.4, -0.2) is 50.0 Å². The van der Waals surface area contributed by atoms with Gasteiger partial charge in [0.15, 0.2) is 0 Å². The van der Waals surface area contributed by atoms with Crippen LogP contribution in [0.1, 0.15) is 76.3 Å². The standard InChI is InChI=1S/C30H43N3O4S/c1-4-24-18-20-27(21-19-24)33(38(3,36)37)22-12-17-29(34)32(23-25-13-8-6-9-14-25)28(5-2)30(35)31-26-15-10-7-11-16-26/h6,8-9,13-14,18-21,26,28H,4-5,7,10-12,15-17,22-23H2,1-3H3,(H,31,35). The summed E-state index contributed by atoms with van der Waals surface area (Å²) in [4.78, 5) is 28.6. The molecule has 0 aromatic heterocycles. The van der Waals surface area contributed by atoms with Crippen molar-refractivity contribution in [1.29, 1.82) is 0 Å². The van der Waals surface area contributed by atoms with E-state index in [9.17, 15) is 18.0 Å². The average Bonchev–Trinajstić information content (AvgIpc) is 2.91. The maximum absolute atomic E-state index is 13.6. The van der Waals surface area contributed by atoms with Crippen LogP contribution in [0, 0.1) is 0 Å². The van der Waals surface area contributed by atoms with Gasteiger partial charge in [-0.15, -0.1) is 0 Å². The summed E-state index contributed by atoms with van der Waals surface area (Å²) in [5.41, 5.74) is 2.68. The highest BCUT2D eigenvalue weighted by Crippen LogP contribution is 2.22. The van der Waals surface area contributed by atoms with E-state index in [-0.39, 0.29) is 30.8 Å². The van der Waals surface area contributed by atoms with Gasteiger partial charge in [-0.05, 0) is 55.4 Å². The minimum absolute atomic E-state index is 0.0996. The number of nitrogens with one attached hydrogen (secondary N) is 1. The topological polar surface area (TPSA) is 86.8 Å². The number of aryl methyl sites for hydroxylation is 1. The number of sulfonamides is 1. The normalized spacial score (nSPS) is 15.0. The van der Waals surface area contributed by atoms with E-state index in [1.807, 2.05) is 61.5 Å². The summed E-state index contributed by atoms with van der Waals surface area (Å²) in [6, 6.07) is 16.8. The monoisotopic (exact) mass is 541 g/mol. The minimum Gasteiger partial charge on any atom is -0.352 e. The quantitative estimate of drug-likeness (QED) is 0.384. The van der Waals surface area contributed by atoms with Crippen LogP contribution in [0.15, 0.2) is 54.6 Å². The third-order valence-electron chi connectivity index (χ3n) is 7.32. The zero-order valence-electron chi connectivity index (χ0n) is 23.1. The first-order chi connectivity index (χ1) is 18.2. The molecule has 208 valence electrons. The lowest BCUT2D eigenvalue weighted by Gasteiger charge is -2.33. The van der Waals surface area contributed by atoms with Gasteiger partial charge in [0.1, 0.15) is 6.04 Å². The molecular formula is C30H43N3O4S. The van der Waals surface area contributed by atoms with E-state index in [0.717, 1.165) is 43.2 Å². The van der Waals surface area contributed by atoms with Crippen molar-refractivity contribution in [3.8, 4) is 0 Å². The van der Waals surface area contributed by atoms with Gasteiger partial charge in [0.25, 0.3) is 0 Å². The highest BCUT2D eigenvalue weighted by atomic mass is 32.2. The van der Waals surface area contributed by atoms with E-state index in [1.54, 1.807) is 4.90 Å². The molecule has 0 bridgehead atoms. The fourth-order valence-electron chi connectivity index (χ4n) is 5.15. The number of carbonyl (C=O) groups excluding carboxylic acids is 2. The summed E-state index contributed by atoms with van der Waals surface area (Å²) in [5.74, 6) is -0.244. The Kier molecular flexibility index (Phi) is 11.2. The molecular weight excluding hydrogens is 498 g/mol. The van der Waals surface area contributed by atoms with E-state index in [1.165, 1.54) is 17.0 Å². The molecule has 1 aliphatic carbocycles. The molecule has 1 atom stereocenters. The highest BCUT2D eigenvalue weighted by molar-refractivity contribution is 7.92. The average molecular weight is 542 g/mol. The van der Waals surface area contributed by atoms with E-state index in [4.69, 9.17) is 0 Å². The van der Waals surface area contributed by atoms with Gasteiger partial charge in [0.2, 0.25) is 21.8 Å². The van der Waals surface area contributed by atoms with Gasteiger partial charge in [0.05, 0.1) is 11.9 Å². The molecule has 0 heterocycles. The zero-order valence-corrected chi connectivity index (χ0v) is 23.9. The minimum atomic E-state index is -3.51. The first-order valence-electron chi connectivity index (χ1n) is 13.9. The molecule has 0 spiro atoms. The largest absolute Gasteiger partial charge is 0.352 e. The molecule has 1 fully saturated rings. The van der Waals surface area contributed by atoms with Gasteiger partial charge in [-0.2, -0.15) is 0 Å². The van der Waals surface area contributed by atoms with E-state index in [2.05, 4.69) is 12.2 Å². The molecule has 0 aliphatic heterocycles. The van der Waals surface area contributed by atoms with Gasteiger partial charge in [-0.25, -0.2) is 8.42 Å². The summed E-state index contributed by atoms with van der Waals surface area (Å²) in [6.45, 7) is 4.52. The van der Waals surface area contributed by atoms with Crippen molar-refractivity contribution in [1.82, 2.24) is 10.2 Å². The first kappa shape index (κ1) is 29.7. The molecule has 1 aliphatic rings. The third-order valence-corrected chi connectivity index (χ3v) is 8.51. The van der Waals surface area contributed by atoms with Crippen molar-refractivity contribution in [2.45, 2.75) is 90.3 Å². The molecule has 7 nitrogen and oxygen atoms in total. The van der Waals surface area contributed by atoms with Crippen LogP contribution in [0.4, 0.5) is 5.69 Å². The number of hydrogen-bond acceptors (Lipinski definition) is 4. The molecule has 1 unspecified atom stereocenters. The Morgan fingerprint density at radius 3 is 2.18 bits per heavy atom. The van der Waals surface area contributed by atoms with Crippen LogP contribution < -0.4 is 9.62 Å². The second kappa shape index (κ2) is 14.3. The van der Waals surface area contributed by atoms with Gasteiger partial charge in [0, 0.05) is 25.6 Å². The molecule has 38 heavy (non-hydrogen) atoms. The van der Waals surface area contributed by atoms with Crippen molar-refractivity contribution in [2.75, 3.05) is 17.1 Å². The number of benzene rings is 2. The molecule has 2 amide bonds. The van der Waals surface area contributed by atoms with Crippen LogP contribution in [0.2, 0.25) is 0 Å². The van der Waals surface area contributed by atoms with Crippen molar-refractivity contribution in [2.24, 2.45) is 0 Å². The first-order valence-corrected chi connectivity index (χ1v) is 15.8. The Bertz CT molecular complexity index is 1130. The maximum atomic E-state index is 13.6. The maximum Gasteiger partial charge on any atom is 0.243 e. The number of amides is 2. The molecule has 2 aromatic rings. The Morgan fingerprint density at radius 2 is 1.61 bits per heavy atom. The van der Waals surface area contributed by atoms with Gasteiger partial charge in [-0.1, -0.05) is 75.6 Å². The van der Waals surface area contributed by atoms with Crippen LogP contribution in [0.25, 0.3) is 0 Å². The summed E-state index contributed by atoms with van der Waals surface area (Å²) in [7, 11) is -3.51. The van der Waals surface area contributed by atoms with Gasteiger partial charge >= 0.3 is 0 Å². The number of hydrogen-bond donors (Lipinski definition) is 1. The molecule has 3 rings (SSSR count). The van der Waals surface area contributed by atoms with E-state index in [0.29, 0.717) is 25.1 Å². The van der Waals surface area contributed by atoms with E-state index >= 15 is 0 Å². The van der Waals surface area contributed by atoms with Gasteiger partial charge in [-0.3, -0.25) is 13.9 Å². The predicted octanol–water partition coefficient (Wildman–Crippen LogP) is 5.05. The van der Waals surface area contributed by atoms with Crippen LogP contribution >= 0.6 is 0 Å². The van der Waals surface area contributed by atoms with Gasteiger partial charge < -0.3 is 10.2 Å². The van der Waals surface area contributed by atoms with Crippen molar-refractivity contribution in [3.05, 3.63) is 65.7 Å². The summed E-state index contributed by atoms with van der Waals surface area (Å²) >= 11 is 0. The lowest BCUT2D eigenvalue weighted by atomic mass is 9.95. The lowest BCUT2D eigenvalue weighted by Crippen LogP contribution is -2.51. The molecule has 2 aromatic carbocycles. The van der Waals surface area contributed by atoms with E-state index < -0.39 is 16.1 Å². The van der Waals surface area contributed by atoms with Crippen LogP contribution in [-0.2, 0) is 32.6 Å². The summed E-state index contributed by atoms with van der Waals surface area (Å²) in [6.07, 6.45) is 8.48. The van der Waals surface area contributed by atoms with Crippen molar-refractivity contribution >= 4 is 27.5 Å². The Balaban J connectivity index is 1.72. The Morgan fingerprint density at radius 1 is 0.947 bits per heavy atom. The molecule has 0 saturated heterocycles. The second-order valence-corrected chi connectivity index (χ2v) is 12.1. The molecule has 1 saturated carbocycles. The number of anilines is 1. The molecule has 1 N–H and O–H groups in total. The fraction of sp³-hybridized carbons (Fsp3) is 0.533. The molecule has 8 heteroatoms. The second-order valence-electron chi connectivity index (χ2n) is 10.2. The Labute approximate surface area is 228 Å². The van der Waals surface area contributed by atoms with Crippen molar-refractivity contribution in [3.63, 3.8) is 0 Å². The van der Waals surface area contributed by atoms with Crippen LogP contribution in [0.5, 0.6) is 0 Å². The Hall–Kier alpha value is -2.87. The number of carbonyl (C=O) groups is 2. The van der Waals surface area contributed by atoms with Crippen molar-refractivity contribution < 1.29 is 18.0 Å². The predicted molar refractivity (Wildman–Crippen MR) is 153 cm³/mol.